The first-order valence-electron chi connectivity index (χ1n) is 9.67. The van der Waals surface area contributed by atoms with Gasteiger partial charge in [0.25, 0.3) is 0 Å². The Morgan fingerprint density at radius 3 is 2.33 bits per heavy atom. The highest BCUT2D eigenvalue weighted by molar-refractivity contribution is 5.76. The van der Waals surface area contributed by atoms with Crippen molar-refractivity contribution in [2.24, 2.45) is 0 Å². The summed E-state index contributed by atoms with van der Waals surface area (Å²) in [7, 11) is 3.50. The molecule has 27 heavy (non-hydrogen) atoms. The summed E-state index contributed by atoms with van der Waals surface area (Å²) in [5, 5.41) is 3.17. The lowest BCUT2D eigenvalue weighted by molar-refractivity contribution is 0.124. The van der Waals surface area contributed by atoms with Gasteiger partial charge in [-0.25, -0.2) is 9.59 Å². The van der Waals surface area contributed by atoms with Gasteiger partial charge in [-0.2, -0.15) is 0 Å². The highest BCUT2D eigenvalue weighted by atomic mass is 16.2. The van der Waals surface area contributed by atoms with Gasteiger partial charge in [0.05, 0.1) is 5.69 Å². The van der Waals surface area contributed by atoms with E-state index in [1.54, 1.807) is 23.9 Å². The molecule has 1 aromatic rings. The number of nitrogens with one attached hydrogen (secondary N) is 1. The molecule has 8 heteroatoms. The number of rotatable bonds is 3. The van der Waals surface area contributed by atoms with Crippen molar-refractivity contribution in [3.05, 3.63) is 30.1 Å². The number of urea groups is 2. The van der Waals surface area contributed by atoms with Crippen LogP contribution in [0.3, 0.4) is 0 Å². The van der Waals surface area contributed by atoms with E-state index in [0.717, 1.165) is 38.2 Å². The minimum Gasteiger partial charge on any atom is -0.335 e. The molecule has 8 nitrogen and oxygen atoms in total. The molecule has 0 spiro atoms. The Bertz CT molecular complexity index is 622. The van der Waals surface area contributed by atoms with Crippen molar-refractivity contribution < 1.29 is 9.59 Å². The second kappa shape index (κ2) is 9.03. The van der Waals surface area contributed by atoms with Crippen molar-refractivity contribution in [3.8, 4) is 0 Å². The van der Waals surface area contributed by atoms with Crippen LogP contribution >= 0.6 is 0 Å². The summed E-state index contributed by atoms with van der Waals surface area (Å²) in [6.45, 7) is 5.15. The van der Waals surface area contributed by atoms with E-state index in [-0.39, 0.29) is 18.1 Å². The molecule has 148 valence electrons. The molecule has 0 saturated carbocycles. The fourth-order valence-electron chi connectivity index (χ4n) is 3.61. The summed E-state index contributed by atoms with van der Waals surface area (Å²) in [4.78, 5) is 36.5. The molecule has 0 bridgehead atoms. The zero-order valence-electron chi connectivity index (χ0n) is 16.3. The lowest BCUT2D eigenvalue weighted by atomic mass is 10.0. The number of piperazine rings is 1. The highest BCUT2D eigenvalue weighted by Gasteiger charge is 2.27. The first-order chi connectivity index (χ1) is 13.0. The Morgan fingerprint density at radius 1 is 1.07 bits per heavy atom. The zero-order chi connectivity index (χ0) is 19.2. The van der Waals surface area contributed by atoms with Gasteiger partial charge in [0.15, 0.2) is 0 Å². The number of carbonyl (C=O) groups is 2. The first kappa shape index (κ1) is 19.4. The Labute approximate surface area is 161 Å². The van der Waals surface area contributed by atoms with Crippen LogP contribution in [0.1, 0.15) is 18.5 Å². The summed E-state index contributed by atoms with van der Waals surface area (Å²) in [5.74, 6) is 0. The predicted octanol–water partition coefficient (Wildman–Crippen LogP) is 1.05. The molecule has 2 aliphatic rings. The lowest BCUT2D eigenvalue weighted by Crippen LogP contribution is -2.56. The van der Waals surface area contributed by atoms with Crippen LogP contribution in [-0.2, 0) is 6.54 Å². The lowest BCUT2D eigenvalue weighted by Gasteiger charge is -2.37. The van der Waals surface area contributed by atoms with Crippen LogP contribution in [0.5, 0.6) is 0 Å². The average molecular weight is 374 g/mol. The molecular formula is C19H30N6O2. The minimum atomic E-state index is -0.00451. The number of likely N-dealkylation sites (tertiary alicyclic amines) is 1. The summed E-state index contributed by atoms with van der Waals surface area (Å²) < 4.78 is 0. The van der Waals surface area contributed by atoms with Crippen LogP contribution < -0.4 is 5.32 Å². The Hall–Kier alpha value is -2.35. The van der Waals surface area contributed by atoms with Gasteiger partial charge in [-0.15, -0.1) is 0 Å². The number of pyridine rings is 1. The third-order valence-corrected chi connectivity index (χ3v) is 5.25. The summed E-state index contributed by atoms with van der Waals surface area (Å²) in [6.07, 6.45) is 3.74. The Morgan fingerprint density at radius 2 is 1.74 bits per heavy atom. The second-order valence-electron chi connectivity index (χ2n) is 7.47. The van der Waals surface area contributed by atoms with Gasteiger partial charge < -0.3 is 20.0 Å². The van der Waals surface area contributed by atoms with E-state index in [1.165, 1.54) is 0 Å². The highest BCUT2D eigenvalue weighted by Crippen LogP contribution is 2.14. The molecule has 2 aliphatic heterocycles. The fourth-order valence-corrected chi connectivity index (χ4v) is 3.61. The number of amides is 4. The quantitative estimate of drug-likeness (QED) is 0.859. The average Bonchev–Trinajstić information content (AvgIpc) is 2.69. The molecular weight excluding hydrogens is 344 g/mol. The predicted molar refractivity (Wildman–Crippen MR) is 103 cm³/mol. The van der Waals surface area contributed by atoms with Gasteiger partial charge in [0.1, 0.15) is 0 Å². The summed E-state index contributed by atoms with van der Waals surface area (Å²) in [6, 6.07) is 6.22. The van der Waals surface area contributed by atoms with Crippen molar-refractivity contribution in [1.29, 1.82) is 0 Å². The van der Waals surface area contributed by atoms with Gasteiger partial charge in [0, 0.05) is 72.1 Å². The van der Waals surface area contributed by atoms with Crippen LogP contribution in [0.25, 0.3) is 0 Å². The topological polar surface area (TPSA) is 72.0 Å². The monoisotopic (exact) mass is 374 g/mol. The number of hydrogen-bond donors (Lipinski definition) is 1. The molecule has 2 fully saturated rings. The van der Waals surface area contributed by atoms with E-state index in [1.807, 2.05) is 23.2 Å². The fraction of sp³-hybridized carbons (Fsp3) is 0.632. The number of hydrogen-bond acceptors (Lipinski definition) is 4. The molecule has 0 aliphatic carbocycles. The molecule has 1 aromatic heterocycles. The Balaban J connectivity index is 1.38. The molecule has 4 amide bonds. The molecule has 0 radical (unpaired) electrons. The first-order valence-corrected chi connectivity index (χ1v) is 9.67. The van der Waals surface area contributed by atoms with E-state index >= 15 is 0 Å². The van der Waals surface area contributed by atoms with Crippen LogP contribution in [-0.4, -0.2) is 96.1 Å². The van der Waals surface area contributed by atoms with E-state index in [4.69, 9.17) is 0 Å². The van der Waals surface area contributed by atoms with Crippen LogP contribution in [0.4, 0.5) is 9.59 Å². The van der Waals surface area contributed by atoms with Crippen LogP contribution in [0, 0.1) is 0 Å². The maximum absolute atomic E-state index is 12.5. The Kier molecular flexibility index (Phi) is 6.49. The summed E-state index contributed by atoms with van der Waals surface area (Å²) >= 11 is 0. The minimum absolute atomic E-state index is 0.00451. The number of aromatic nitrogens is 1. The molecule has 0 aromatic carbocycles. The van der Waals surface area contributed by atoms with Crippen molar-refractivity contribution in [3.63, 3.8) is 0 Å². The smallest absolute Gasteiger partial charge is 0.319 e. The third-order valence-electron chi connectivity index (χ3n) is 5.25. The largest absolute Gasteiger partial charge is 0.335 e. The number of piperidine rings is 1. The van der Waals surface area contributed by atoms with Crippen molar-refractivity contribution in [1.82, 2.24) is 29.9 Å². The molecule has 3 heterocycles. The molecule has 2 saturated heterocycles. The molecule has 1 N–H and O–H groups in total. The standard InChI is InChI=1S/C19H30N6O2/c1-22(2)19(27)25-13-11-24(12-14-25)18(26)21-16-6-9-23(10-7-16)15-17-5-3-4-8-20-17/h3-5,8,16H,6-7,9-15H2,1-2H3,(H,21,26). The van der Waals surface area contributed by atoms with Crippen molar-refractivity contribution in [2.75, 3.05) is 53.4 Å². The van der Waals surface area contributed by atoms with Crippen LogP contribution in [0.2, 0.25) is 0 Å². The third kappa shape index (κ3) is 5.32. The van der Waals surface area contributed by atoms with Crippen LogP contribution in [0.15, 0.2) is 24.4 Å². The zero-order valence-corrected chi connectivity index (χ0v) is 16.3. The molecule has 0 unspecified atom stereocenters. The number of carbonyl (C=O) groups excluding carboxylic acids is 2. The van der Waals surface area contributed by atoms with E-state index < -0.39 is 0 Å². The van der Waals surface area contributed by atoms with E-state index in [0.29, 0.717) is 26.2 Å². The van der Waals surface area contributed by atoms with Gasteiger partial charge in [-0.1, -0.05) is 6.07 Å². The van der Waals surface area contributed by atoms with Gasteiger partial charge in [0.2, 0.25) is 0 Å². The van der Waals surface area contributed by atoms with Gasteiger partial charge in [-0.05, 0) is 25.0 Å². The molecule has 0 atom stereocenters. The maximum atomic E-state index is 12.5. The molecule has 3 rings (SSSR count). The SMILES string of the molecule is CN(C)C(=O)N1CCN(C(=O)NC2CCN(Cc3ccccn3)CC2)CC1. The maximum Gasteiger partial charge on any atom is 0.319 e. The van der Waals surface area contributed by atoms with Gasteiger partial charge >= 0.3 is 12.1 Å². The van der Waals surface area contributed by atoms with Crippen molar-refractivity contribution >= 4 is 12.1 Å². The van der Waals surface area contributed by atoms with E-state index in [2.05, 4.69) is 21.3 Å². The van der Waals surface area contributed by atoms with Gasteiger partial charge in [-0.3, -0.25) is 9.88 Å². The normalized spacial score (nSPS) is 19.0. The van der Waals surface area contributed by atoms with Crippen molar-refractivity contribution in [2.45, 2.75) is 25.4 Å². The summed E-state index contributed by atoms with van der Waals surface area (Å²) in [5.41, 5.74) is 1.09. The number of nitrogens with zero attached hydrogens (tertiary/aromatic N) is 5. The second-order valence-corrected chi connectivity index (χ2v) is 7.47. The van der Waals surface area contributed by atoms with E-state index in [9.17, 15) is 9.59 Å².